The molecule has 0 aromatic carbocycles. The van der Waals surface area contributed by atoms with Gasteiger partial charge in [-0.05, 0) is 18.9 Å². The molecule has 1 aliphatic heterocycles. The van der Waals surface area contributed by atoms with Crippen molar-refractivity contribution in [2.45, 2.75) is 19.3 Å². The van der Waals surface area contributed by atoms with Crippen LogP contribution in [0.2, 0.25) is 0 Å². The van der Waals surface area contributed by atoms with Crippen LogP contribution in [0.4, 0.5) is 5.95 Å². The molecular formula is C11H14N4. The van der Waals surface area contributed by atoms with Gasteiger partial charge in [-0.3, -0.25) is 0 Å². The van der Waals surface area contributed by atoms with Crippen LogP contribution in [0.25, 0.3) is 6.08 Å². The van der Waals surface area contributed by atoms with Gasteiger partial charge < -0.3 is 10.6 Å². The Kier molecular flexibility index (Phi) is 1.87. The second-order valence-electron chi connectivity index (χ2n) is 4.15. The molecule has 0 unspecified atom stereocenters. The highest BCUT2D eigenvalue weighted by Crippen LogP contribution is 2.27. The molecule has 78 valence electrons. The van der Waals surface area contributed by atoms with Crippen molar-refractivity contribution < 1.29 is 0 Å². The van der Waals surface area contributed by atoms with Crippen molar-refractivity contribution in [3.05, 3.63) is 23.2 Å². The topological polar surface area (TPSA) is 55.0 Å². The lowest BCUT2D eigenvalue weighted by Gasteiger charge is -2.18. The number of allylic oxidation sites excluding steroid dienone is 1. The summed E-state index contributed by atoms with van der Waals surface area (Å²) in [6.07, 6.45) is 7.58. The van der Waals surface area contributed by atoms with E-state index >= 15 is 0 Å². The summed E-state index contributed by atoms with van der Waals surface area (Å²) < 4.78 is 0. The first kappa shape index (κ1) is 8.71. The first-order valence-corrected chi connectivity index (χ1v) is 5.40. The van der Waals surface area contributed by atoms with Crippen LogP contribution in [-0.4, -0.2) is 28.0 Å². The second-order valence-corrected chi connectivity index (χ2v) is 4.15. The Morgan fingerprint density at radius 3 is 2.87 bits per heavy atom. The van der Waals surface area contributed by atoms with Crippen LogP contribution >= 0.6 is 0 Å². The molecule has 0 atom stereocenters. The van der Waals surface area contributed by atoms with E-state index in [4.69, 9.17) is 5.73 Å². The van der Waals surface area contributed by atoms with Gasteiger partial charge in [0.05, 0.1) is 5.69 Å². The lowest BCUT2D eigenvalue weighted by molar-refractivity contribution is 0.423. The predicted octanol–water partition coefficient (Wildman–Crippen LogP) is 1.05. The lowest BCUT2D eigenvalue weighted by atomic mass is 10.2. The van der Waals surface area contributed by atoms with E-state index in [1.165, 1.54) is 37.2 Å². The molecule has 2 heterocycles. The van der Waals surface area contributed by atoms with E-state index in [2.05, 4.69) is 20.9 Å². The number of likely N-dealkylation sites (tertiary alicyclic amines) is 1. The third-order valence-electron chi connectivity index (χ3n) is 3.10. The Balaban J connectivity index is 1.89. The first-order valence-electron chi connectivity index (χ1n) is 5.40. The average molecular weight is 202 g/mol. The molecule has 3 rings (SSSR count). The molecule has 1 aliphatic carbocycles. The maximum Gasteiger partial charge on any atom is 0.220 e. The summed E-state index contributed by atoms with van der Waals surface area (Å²) in [5, 5.41) is 0. The molecule has 1 fully saturated rings. The van der Waals surface area contributed by atoms with Crippen molar-refractivity contribution in [1.29, 1.82) is 0 Å². The molecule has 0 radical (unpaired) electrons. The fraction of sp³-hybridized carbons (Fsp3) is 0.455. The lowest BCUT2D eigenvalue weighted by Crippen LogP contribution is -2.18. The fourth-order valence-electron chi connectivity index (χ4n) is 2.31. The van der Waals surface area contributed by atoms with Gasteiger partial charge in [0, 0.05) is 37.0 Å². The molecular weight excluding hydrogens is 188 g/mol. The molecule has 2 aliphatic rings. The standard InChI is InChI=1S/C11H14N4/c12-11-13-7-8-5-9(6-10(8)14-11)15-3-1-2-4-15/h6-7H,1-5H2,(H2,12,13,14). The summed E-state index contributed by atoms with van der Waals surface area (Å²) >= 11 is 0. The highest BCUT2D eigenvalue weighted by Gasteiger charge is 2.21. The number of fused-ring (bicyclic) bond motifs is 1. The quantitative estimate of drug-likeness (QED) is 0.739. The summed E-state index contributed by atoms with van der Waals surface area (Å²) in [6.45, 7) is 2.37. The van der Waals surface area contributed by atoms with Gasteiger partial charge in [0.25, 0.3) is 0 Å². The number of nitrogen functional groups attached to an aromatic ring is 1. The Labute approximate surface area is 88.8 Å². The maximum absolute atomic E-state index is 5.56. The molecule has 0 saturated carbocycles. The molecule has 0 amide bonds. The van der Waals surface area contributed by atoms with Gasteiger partial charge in [-0.1, -0.05) is 0 Å². The monoisotopic (exact) mass is 202 g/mol. The second kappa shape index (κ2) is 3.22. The summed E-state index contributed by atoms with van der Waals surface area (Å²) in [6, 6.07) is 0. The minimum atomic E-state index is 0.368. The smallest absolute Gasteiger partial charge is 0.220 e. The highest BCUT2D eigenvalue weighted by atomic mass is 15.2. The first-order chi connectivity index (χ1) is 7.33. The van der Waals surface area contributed by atoms with Gasteiger partial charge in [-0.25, -0.2) is 9.97 Å². The number of nitrogens with two attached hydrogens (primary N) is 1. The molecule has 4 nitrogen and oxygen atoms in total. The van der Waals surface area contributed by atoms with E-state index in [0.29, 0.717) is 5.95 Å². The van der Waals surface area contributed by atoms with E-state index in [-0.39, 0.29) is 0 Å². The van der Waals surface area contributed by atoms with Gasteiger partial charge in [-0.15, -0.1) is 0 Å². The van der Waals surface area contributed by atoms with E-state index < -0.39 is 0 Å². The van der Waals surface area contributed by atoms with Crippen molar-refractivity contribution in [2.75, 3.05) is 18.8 Å². The number of anilines is 1. The zero-order chi connectivity index (χ0) is 10.3. The van der Waals surface area contributed by atoms with Gasteiger partial charge in [0.1, 0.15) is 0 Å². The summed E-state index contributed by atoms with van der Waals surface area (Å²) in [7, 11) is 0. The number of rotatable bonds is 1. The van der Waals surface area contributed by atoms with Crippen LogP contribution in [0.15, 0.2) is 11.9 Å². The minimum Gasteiger partial charge on any atom is -0.374 e. The number of aromatic nitrogens is 2. The van der Waals surface area contributed by atoms with Crippen LogP contribution in [0.3, 0.4) is 0 Å². The largest absolute Gasteiger partial charge is 0.374 e. The Hall–Kier alpha value is -1.58. The molecule has 4 heteroatoms. The maximum atomic E-state index is 5.56. The van der Waals surface area contributed by atoms with Crippen LogP contribution in [0, 0.1) is 0 Å². The van der Waals surface area contributed by atoms with E-state index in [1.807, 2.05) is 6.20 Å². The van der Waals surface area contributed by atoms with E-state index in [0.717, 1.165) is 12.1 Å². The summed E-state index contributed by atoms with van der Waals surface area (Å²) in [5.41, 5.74) is 9.15. The zero-order valence-electron chi connectivity index (χ0n) is 8.61. The van der Waals surface area contributed by atoms with Gasteiger partial charge in [-0.2, -0.15) is 0 Å². The minimum absolute atomic E-state index is 0.368. The Morgan fingerprint density at radius 2 is 2.07 bits per heavy atom. The molecule has 15 heavy (non-hydrogen) atoms. The average Bonchev–Trinajstić information content (AvgIpc) is 2.84. The highest BCUT2D eigenvalue weighted by molar-refractivity contribution is 5.60. The van der Waals surface area contributed by atoms with Crippen LogP contribution < -0.4 is 5.73 Å². The zero-order valence-corrected chi connectivity index (χ0v) is 8.61. The summed E-state index contributed by atoms with van der Waals surface area (Å²) in [4.78, 5) is 10.7. The number of hydrogen-bond acceptors (Lipinski definition) is 4. The fourth-order valence-corrected chi connectivity index (χ4v) is 2.31. The van der Waals surface area contributed by atoms with Crippen LogP contribution in [-0.2, 0) is 6.42 Å². The normalized spacial score (nSPS) is 19.2. The Morgan fingerprint density at radius 1 is 1.27 bits per heavy atom. The van der Waals surface area contributed by atoms with Gasteiger partial charge >= 0.3 is 0 Å². The third kappa shape index (κ3) is 1.46. The van der Waals surface area contributed by atoms with Crippen molar-refractivity contribution >= 4 is 12.0 Å². The van der Waals surface area contributed by atoms with E-state index in [1.54, 1.807) is 0 Å². The predicted molar refractivity (Wildman–Crippen MR) is 58.9 cm³/mol. The molecule has 1 saturated heterocycles. The number of hydrogen-bond donors (Lipinski definition) is 1. The van der Waals surface area contributed by atoms with Crippen molar-refractivity contribution in [2.24, 2.45) is 0 Å². The van der Waals surface area contributed by atoms with Crippen molar-refractivity contribution in [3.63, 3.8) is 0 Å². The molecule has 1 aromatic rings. The molecule has 2 N–H and O–H groups in total. The number of nitrogens with zero attached hydrogens (tertiary/aromatic N) is 3. The third-order valence-corrected chi connectivity index (χ3v) is 3.10. The molecule has 0 bridgehead atoms. The van der Waals surface area contributed by atoms with Crippen LogP contribution in [0.5, 0.6) is 0 Å². The SMILES string of the molecule is Nc1ncc2c(n1)C=C(N1CCCC1)C2. The molecule has 1 aromatic heterocycles. The van der Waals surface area contributed by atoms with Crippen molar-refractivity contribution in [3.8, 4) is 0 Å². The van der Waals surface area contributed by atoms with E-state index in [9.17, 15) is 0 Å². The van der Waals surface area contributed by atoms with Crippen molar-refractivity contribution in [1.82, 2.24) is 14.9 Å². The van der Waals surface area contributed by atoms with Crippen LogP contribution in [0.1, 0.15) is 24.1 Å². The molecule has 0 spiro atoms. The van der Waals surface area contributed by atoms with Gasteiger partial charge in [0.2, 0.25) is 5.95 Å². The Bertz CT molecular complexity index is 419. The summed E-state index contributed by atoms with van der Waals surface area (Å²) in [5.74, 6) is 0.368. The van der Waals surface area contributed by atoms with Gasteiger partial charge in [0.15, 0.2) is 0 Å².